The Morgan fingerprint density at radius 3 is 1.92 bits per heavy atom. The predicted molar refractivity (Wildman–Crippen MR) is 48.2 cm³/mol. The number of hydrogen-bond acceptors (Lipinski definition) is 5. The third-order valence-electron chi connectivity index (χ3n) is 2.20. The van der Waals surface area contributed by atoms with Crippen LogP contribution in [-0.4, -0.2) is 58.9 Å². The molecule has 0 aliphatic rings. The Morgan fingerprint density at radius 2 is 1.62 bits per heavy atom. The molecule has 80 valence electrons. The lowest BCUT2D eigenvalue weighted by molar-refractivity contribution is -0.0505. The maximum atomic E-state index is 9.50. The summed E-state index contributed by atoms with van der Waals surface area (Å²) in [5, 5.41) is 39.2. The van der Waals surface area contributed by atoms with E-state index in [1.807, 2.05) is 0 Å². The van der Waals surface area contributed by atoms with Gasteiger partial charge in [-0.25, -0.2) is 0 Å². The van der Waals surface area contributed by atoms with Crippen molar-refractivity contribution < 1.29 is 20.4 Å². The molecule has 0 heterocycles. The van der Waals surface area contributed by atoms with Crippen LogP contribution in [0.4, 0.5) is 0 Å². The molecule has 5 nitrogen and oxygen atoms in total. The molecule has 0 fully saturated rings. The maximum absolute atomic E-state index is 9.50. The highest BCUT2D eigenvalue weighted by atomic mass is 16.3. The largest absolute Gasteiger partial charge is 0.396 e. The van der Waals surface area contributed by atoms with Gasteiger partial charge in [-0.2, -0.15) is 0 Å². The van der Waals surface area contributed by atoms with Crippen LogP contribution in [0.2, 0.25) is 0 Å². The van der Waals surface area contributed by atoms with Crippen molar-refractivity contribution in [2.75, 3.05) is 20.3 Å². The summed E-state index contributed by atoms with van der Waals surface area (Å²) in [7, 11) is 1.58. The number of hydrogen-bond donors (Lipinski definition) is 5. The van der Waals surface area contributed by atoms with E-state index >= 15 is 0 Å². The molecule has 0 radical (unpaired) electrons. The SMILES string of the molecule is CN[C@H](CO)[C@@H](O)[C@H](O)[C@H](C)CO. The minimum absolute atomic E-state index is 0.194. The number of likely N-dealkylation sites (N-methyl/N-ethyl adjacent to an activating group) is 1. The highest BCUT2D eigenvalue weighted by Gasteiger charge is 2.28. The summed E-state index contributed by atoms with van der Waals surface area (Å²) in [5.74, 6) is -0.405. The van der Waals surface area contributed by atoms with Gasteiger partial charge in [0.15, 0.2) is 0 Å². The van der Waals surface area contributed by atoms with Crippen molar-refractivity contribution in [3.8, 4) is 0 Å². The molecule has 0 aromatic carbocycles. The van der Waals surface area contributed by atoms with E-state index < -0.39 is 24.2 Å². The molecule has 13 heavy (non-hydrogen) atoms. The molecule has 4 atom stereocenters. The predicted octanol–water partition coefficient (Wildman–Crippen LogP) is -2.08. The van der Waals surface area contributed by atoms with Crippen molar-refractivity contribution in [1.29, 1.82) is 0 Å². The summed E-state index contributed by atoms with van der Waals surface area (Å²) in [6.45, 7) is 1.17. The fourth-order valence-electron chi connectivity index (χ4n) is 1.05. The van der Waals surface area contributed by atoms with E-state index in [1.165, 1.54) is 0 Å². The summed E-state index contributed by atoms with van der Waals surface area (Å²) in [4.78, 5) is 0. The van der Waals surface area contributed by atoms with Crippen molar-refractivity contribution in [3.05, 3.63) is 0 Å². The second-order valence-corrected chi connectivity index (χ2v) is 3.22. The zero-order valence-electron chi connectivity index (χ0n) is 8.01. The van der Waals surface area contributed by atoms with Crippen molar-refractivity contribution in [2.45, 2.75) is 25.2 Å². The van der Waals surface area contributed by atoms with Crippen LogP contribution in [0.25, 0.3) is 0 Å². The second kappa shape index (κ2) is 6.28. The minimum atomic E-state index is -1.07. The fraction of sp³-hybridized carbons (Fsp3) is 1.00. The van der Waals surface area contributed by atoms with Gasteiger partial charge in [-0.15, -0.1) is 0 Å². The minimum Gasteiger partial charge on any atom is -0.396 e. The zero-order chi connectivity index (χ0) is 10.4. The Labute approximate surface area is 78.0 Å². The quantitative estimate of drug-likeness (QED) is 0.334. The van der Waals surface area contributed by atoms with Gasteiger partial charge in [0, 0.05) is 12.5 Å². The lowest BCUT2D eigenvalue weighted by Crippen LogP contribution is -2.49. The molecule has 0 aromatic heterocycles. The molecule has 0 bridgehead atoms. The third kappa shape index (κ3) is 3.58. The van der Waals surface area contributed by atoms with Gasteiger partial charge in [-0.05, 0) is 7.05 Å². The standard InChI is InChI=1S/C8H19NO4/c1-5(3-10)7(12)8(13)6(4-11)9-2/h5-13H,3-4H2,1-2H3/t5-,6-,7-,8-/m1/s1. The molecule has 5 N–H and O–H groups in total. The first-order valence-corrected chi connectivity index (χ1v) is 4.33. The highest BCUT2D eigenvalue weighted by Crippen LogP contribution is 2.09. The van der Waals surface area contributed by atoms with E-state index in [0.29, 0.717) is 0 Å². The van der Waals surface area contributed by atoms with Gasteiger partial charge in [0.25, 0.3) is 0 Å². The highest BCUT2D eigenvalue weighted by molar-refractivity contribution is 4.82. The van der Waals surface area contributed by atoms with Gasteiger partial charge >= 0.3 is 0 Å². The monoisotopic (exact) mass is 193 g/mol. The Kier molecular flexibility index (Phi) is 6.19. The first-order valence-electron chi connectivity index (χ1n) is 4.33. The molecule has 0 amide bonds. The Balaban J connectivity index is 4.13. The van der Waals surface area contributed by atoms with Crippen LogP contribution in [0.5, 0.6) is 0 Å². The molecule has 0 aliphatic carbocycles. The topological polar surface area (TPSA) is 93.0 Å². The molecule has 0 aromatic rings. The van der Waals surface area contributed by atoms with E-state index in [4.69, 9.17) is 10.2 Å². The van der Waals surface area contributed by atoms with Gasteiger partial charge in [0.1, 0.15) is 0 Å². The molecule has 5 heteroatoms. The van der Waals surface area contributed by atoms with E-state index in [0.717, 1.165) is 0 Å². The number of aliphatic hydroxyl groups is 4. The number of rotatable bonds is 6. The van der Waals surface area contributed by atoms with Gasteiger partial charge in [-0.1, -0.05) is 6.92 Å². The Bertz CT molecular complexity index is 129. The van der Waals surface area contributed by atoms with Crippen LogP contribution in [0.1, 0.15) is 6.92 Å². The first kappa shape index (κ1) is 12.8. The average Bonchev–Trinajstić information content (AvgIpc) is 2.17. The van der Waals surface area contributed by atoms with Crippen LogP contribution in [0, 0.1) is 5.92 Å². The van der Waals surface area contributed by atoms with Crippen LogP contribution in [0.15, 0.2) is 0 Å². The van der Waals surface area contributed by atoms with E-state index in [-0.39, 0.29) is 13.2 Å². The number of aliphatic hydroxyl groups excluding tert-OH is 4. The average molecular weight is 193 g/mol. The molecular weight excluding hydrogens is 174 g/mol. The van der Waals surface area contributed by atoms with Crippen molar-refractivity contribution in [2.24, 2.45) is 5.92 Å². The Hall–Kier alpha value is -0.200. The van der Waals surface area contributed by atoms with Gasteiger partial charge in [0.05, 0.1) is 24.9 Å². The van der Waals surface area contributed by atoms with Gasteiger partial charge in [0.2, 0.25) is 0 Å². The van der Waals surface area contributed by atoms with Crippen molar-refractivity contribution in [1.82, 2.24) is 5.32 Å². The van der Waals surface area contributed by atoms with Crippen LogP contribution >= 0.6 is 0 Å². The van der Waals surface area contributed by atoms with Crippen LogP contribution in [0.3, 0.4) is 0 Å². The van der Waals surface area contributed by atoms with E-state index in [9.17, 15) is 10.2 Å². The summed E-state index contributed by atoms with van der Waals surface area (Å²) >= 11 is 0. The fourth-order valence-corrected chi connectivity index (χ4v) is 1.05. The van der Waals surface area contributed by atoms with Crippen LogP contribution < -0.4 is 5.32 Å². The zero-order valence-corrected chi connectivity index (χ0v) is 8.01. The maximum Gasteiger partial charge on any atom is 0.0977 e. The van der Waals surface area contributed by atoms with Crippen molar-refractivity contribution in [3.63, 3.8) is 0 Å². The molecule has 0 saturated heterocycles. The second-order valence-electron chi connectivity index (χ2n) is 3.22. The van der Waals surface area contributed by atoms with Gasteiger partial charge in [-0.3, -0.25) is 0 Å². The summed E-state index contributed by atoms with van der Waals surface area (Å²) in [6.07, 6.45) is -2.10. The smallest absolute Gasteiger partial charge is 0.0977 e. The summed E-state index contributed by atoms with van der Waals surface area (Å²) in [5.41, 5.74) is 0. The third-order valence-corrected chi connectivity index (χ3v) is 2.20. The molecule has 0 saturated carbocycles. The molecule has 0 aliphatic heterocycles. The molecule has 0 rings (SSSR count). The number of nitrogens with one attached hydrogen (secondary N) is 1. The molecular formula is C8H19NO4. The first-order chi connectivity index (χ1) is 6.08. The van der Waals surface area contributed by atoms with Gasteiger partial charge < -0.3 is 25.7 Å². The van der Waals surface area contributed by atoms with E-state index in [1.54, 1.807) is 14.0 Å². The summed E-state index contributed by atoms with van der Waals surface area (Å²) in [6, 6.07) is -0.566. The lowest BCUT2D eigenvalue weighted by Gasteiger charge is -2.27. The van der Waals surface area contributed by atoms with E-state index in [2.05, 4.69) is 5.32 Å². The van der Waals surface area contributed by atoms with Crippen LogP contribution in [-0.2, 0) is 0 Å². The lowest BCUT2D eigenvalue weighted by atomic mass is 9.96. The van der Waals surface area contributed by atoms with Crippen molar-refractivity contribution >= 4 is 0 Å². The molecule has 0 spiro atoms. The Morgan fingerprint density at radius 1 is 1.08 bits per heavy atom. The molecule has 0 unspecified atom stereocenters. The normalized spacial score (nSPS) is 20.8. The summed E-state index contributed by atoms with van der Waals surface area (Å²) < 4.78 is 0.